The Kier molecular flexibility index (Phi) is 4.87. The SMILES string of the molecule is Cc1cc(C)n(CCCNC(=O)CSC23CC4CC(CC(C4)C2)C3)n1. The summed E-state index contributed by atoms with van der Waals surface area (Å²) in [5, 5.41) is 7.58. The molecule has 0 aromatic carbocycles. The fraction of sp³-hybridized carbons (Fsp3) is 0.800. The number of hydrogen-bond donors (Lipinski definition) is 1. The maximum absolute atomic E-state index is 12.3. The lowest BCUT2D eigenvalue weighted by Gasteiger charge is -2.56. The van der Waals surface area contributed by atoms with Crippen molar-refractivity contribution in [3.63, 3.8) is 0 Å². The van der Waals surface area contributed by atoms with Gasteiger partial charge in [0.15, 0.2) is 0 Å². The van der Waals surface area contributed by atoms with E-state index in [0.29, 0.717) is 10.5 Å². The number of aromatic nitrogens is 2. The highest BCUT2D eigenvalue weighted by molar-refractivity contribution is 8.01. The molecule has 4 nitrogen and oxygen atoms in total. The van der Waals surface area contributed by atoms with Crippen LogP contribution < -0.4 is 5.32 Å². The molecule has 4 aliphatic carbocycles. The van der Waals surface area contributed by atoms with Crippen LogP contribution in [0.2, 0.25) is 0 Å². The van der Waals surface area contributed by atoms with E-state index in [1.807, 2.05) is 23.4 Å². The van der Waals surface area contributed by atoms with Crippen LogP contribution in [0.15, 0.2) is 6.07 Å². The molecule has 0 unspecified atom stereocenters. The molecule has 5 heteroatoms. The molecule has 0 saturated heterocycles. The van der Waals surface area contributed by atoms with E-state index in [1.165, 1.54) is 44.2 Å². The highest BCUT2D eigenvalue weighted by atomic mass is 32.2. The minimum atomic E-state index is 0.217. The number of nitrogens with zero attached hydrogens (tertiary/aromatic N) is 2. The zero-order valence-corrected chi connectivity index (χ0v) is 16.4. The Bertz CT molecular complexity index is 604. The van der Waals surface area contributed by atoms with Crippen LogP contribution in [0.1, 0.15) is 56.3 Å². The standard InChI is InChI=1S/C20H31N3OS/c1-14-6-15(2)23(22-14)5-3-4-21-19(24)13-25-20-10-16-7-17(11-20)9-18(8-16)12-20/h6,16-18H,3-5,7-13H2,1-2H3,(H,21,24). The van der Waals surface area contributed by atoms with E-state index in [2.05, 4.69) is 23.4 Å². The fourth-order valence-electron chi connectivity index (χ4n) is 5.84. The van der Waals surface area contributed by atoms with Crippen molar-refractivity contribution in [1.29, 1.82) is 0 Å². The largest absolute Gasteiger partial charge is 0.355 e. The van der Waals surface area contributed by atoms with E-state index in [9.17, 15) is 4.79 Å². The van der Waals surface area contributed by atoms with Gasteiger partial charge < -0.3 is 5.32 Å². The third-order valence-electron chi connectivity index (χ3n) is 6.46. The van der Waals surface area contributed by atoms with Crippen molar-refractivity contribution >= 4 is 17.7 Å². The lowest BCUT2D eigenvalue weighted by molar-refractivity contribution is -0.118. The molecule has 1 amide bonds. The molecule has 4 aliphatic rings. The van der Waals surface area contributed by atoms with Gasteiger partial charge in [0.2, 0.25) is 5.91 Å². The first-order valence-corrected chi connectivity index (χ1v) is 10.9. The molecule has 5 rings (SSSR count). The first-order valence-electron chi connectivity index (χ1n) is 9.93. The van der Waals surface area contributed by atoms with Crippen molar-refractivity contribution in [3.05, 3.63) is 17.5 Å². The van der Waals surface area contributed by atoms with Gasteiger partial charge in [0.1, 0.15) is 0 Å². The summed E-state index contributed by atoms with van der Waals surface area (Å²) in [6.45, 7) is 5.73. The molecule has 0 radical (unpaired) electrons. The normalized spacial score (nSPS) is 33.0. The number of rotatable bonds is 7. The molecular formula is C20H31N3OS. The third kappa shape index (κ3) is 3.91. The van der Waals surface area contributed by atoms with Gasteiger partial charge in [-0.3, -0.25) is 9.48 Å². The van der Waals surface area contributed by atoms with E-state index in [1.54, 1.807) is 0 Å². The summed E-state index contributed by atoms with van der Waals surface area (Å²) in [6.07, 6.45) is 9.46. The molecule has 4 saturated carbocycles. The molecule has 1 N–H and O–H groups in total. The van der Waals surface area contributed by atoms with Gasteiger partial charge in [-0.15, -0.1) is 11.8 Å². The molecule has 1 heterocycles. The van der Waals surface area contributed by atoms with E-state index < -0.39 is 0 Å². The van der Waals surface area contributed by atoms with Crippen molar-refractivity contribution in [2.45, 2.75) is 70.1 Å². The van der Waals surface area contributed by atoms with Crippen LogP contribution >= 0.6 is 11.8 Å². The third-order valence-corrected chi connectivity index (χ3v) is 7.98. The van der Waals surface area contributed by atoms with E-state index in [0.717, 1.165) is 43.0 Å². The number of hydrogen-bond acceptors (Lipinski definition) is 3. The average molecular weight is 362 g/mol. The van der Waals surface area contributed by atoms with Crippen LogP contribution in [-0.4, -0.2) is 32.7 Å². The Morgan fingerprint density at radius 1 is 1.24 bits per heavy atom. The van der Waals surface area contributed by atoms with Crippen molar-refractivity contribution in [2.24, 2.45) is 17.8 Å². The lowest BCUT2D eigenvalue weighted by atomic mass is 9.56. The molecule has 138 valence electrons. The summed E-state index contributed by atoms with van der Waals surface area (Å²) in [6, 6.07) is 2.10. The summed E-state index contributed by atoms with van der Waals surface area (Å²) in [5.41, 5.74) is 2.26. The molecule has 0 spiro atoms. The highest BCUT2D eigenvalue weighted by Crippen LogP contribution is 2.60. The van der Waals surface area contributed by atoms with Gasteiger partial charge in [-0.2, -0.15) is 5.10 Å². The molecule has 1 aromatic rings. The quantitative estimate of drug-likeness (QED) is 0.753. The van der Waals surface area contributed by atoms with Crippen LogP contribution in [-0.2, 0) is 11.3 Å². The summed E-state index contributed by atoms with van der Waals surface area (Å²) >= 11 is 1.97. The fourth-order valence-corrected chi connectivity index (χ4v) is 7.44. The first-order chi connectivity index (χ1) is 12.0. The maximum Gasteiger partial charge on any atom is 0.230 e. The first kappa shape index (κ1) is 17.4. The van der Waals surface area contributed by atoms with Gasteiger partial charge in [-0.25, -0.2) is 0 Å². The van der Waals surface area contributed by atoms with Crippen molar-refractivity contribution in [2.75, 3.05) is 12.3 Å². The van der Waals surface area contributed by atoms with E-state index >= 15 is 0 Å². The van der Waals surface area contributed by atoms with Crippen LogP contribution in [0.4, 0.5) is 0 Å². The second kappa shape index (κ2) is 6.98. The van der Waals surface area contributed by atoms with Crippen molar-refractivity contribution in [3.8, 4) is 0 Å². The molecule has 0 aliphatic heterocycles. The van der Waals surface area contributed by atoms with Crippen LogP contribution in [0, 0.1) is 31.6 Å². The predicted molar refractivity (Wildman–Crippen MR) is 103 cm³/mol. The monoisotopic (exact) mass is 361 g/mol. The smallest absolute Gasteiger partial charge is 0.230 e. The van der Waals surface area contributed by atoms with Gasteiger partial charge in [-0.1, -0.05) is 0 Å². The van der Waals surface area contributed by atoms with Gasteiger partial charge in [0.25, 0.3) is 0 Å². The Morgan fingerprint density at radius 3 is 2.44 bits per heavy atom. The topological polar surface area (TPSA) is 46.9 Å². The van der Waals surface area contributed by atoms with Crippen LogP contribution in [0.3, 0.4) is 0 Å². The molecule has 1 aromatic heterocycles. The summed E-state index contributed by atoms with van der Waals surface area (Å²) in [7, 11) is 0. The number of amides is 1. The maximum atomic E-state index is 12.3. The summed E-state index contributed by atoms with van der Waals surface area (Å²) in [5.74, 6) is 3.74. The summed E-state index contributed by atoms with van der Waals surface area (Å²) < 4.78 is 2.47. The number of thioether (sulfide) groups is 1. The van der Waals surface area contributed by atoms with E-state index in [4.69, 9.17) is 0 Å². The number of aryl methyl sites for hydroxylation is 3. The predicted octanol–water partition coefficient (Wildman–Crippen LogP) is 3.71. The number of carbonyl (C=O) groups is 1. The zero-order chi connectivity index (χ0) is 17.4. The highest BCUT2D eigenvalue weighted by Gasteiger charge is 2.51. The van der Waals surface area contributed by atoms with E-state index in [-0.39, 0.29) is 5.91 Å². The Hall–Kier alpha value is -0.970. The second-order valence-electron chi connectivity index (χ2n) is 8.74. The van der Waals surface area contributed by atoms with Gasteiger partial charge in [0, 0.05) is 23.5 Å². The van der Waals surface area contributed by atoms with Gasteiger partial charge in [0.05, 0.1) is 11.4 Å². The Labute approximate surface area is 155 Å². The second-order valence-corrected chi connectivity index (χ2v) is 10.2. The zero-order valence-electron chi connectivity index (χ0n) is 15.6. The van der Waals surface area contributed by atoms with Crippen LogP contribution in [0.25, 0.3) is 0 Å². The Morgan fingerprint density at radius 2 is 1.88 bits per heavy atom. The Balaban J connectivity index is 1.18. The van der Waals surface area contributed by atoms with Gasteiger partial charge >= 0.3 is 0 Å². The van der Waals surface area contributed by atoms with Crippen molar-refractivity contribution < 1.29 is 4.79 Å². The summed E-state index contributed by atoms with van der Waals surface area (Å²) in [4.78, 5) is 12.3. The lowest BCUT2D eigenvalue weighted by Crippen LogP contribution is -2.49. The molecular weight excluding hydrogens is 330 g/mol. The molecule has 4 bridgehead atoms. The van der Waals surface area contributed by atoms with Gasteiger partial charge in [-0.05, 0) is 82.6 Å². The number of nitrogens with one attached hydrogen (secondary N) is 1. The van der Waals surface area contributed by atoms with Crippen LogP contribution in [0.5, 0.6) is 0 Å². The minimum absolute atomic E-state index is 0.217. The molecule has 0 atom stereocenters. The average Bonchev–Trinajstić information content (AvgIpc) is 2.86. The van der Waals surface area contributed by atoms with Crippen molar-refractivity contribution in [1.82, 2.24) is 15.1 Å². The number of carbonyl (C=O) groups excluding carboxylic acids is 1. The molecule has 25 heavy (non-hydrogen) atoms. The molecule has 4 fully saturated rings. The minimum Gasteiger partial charge on any atom is -0.355 e.